The molecule has 1 aromatic rings. The van der Waals surface area contributed by atoms with Crippen molar-refractivity contribution in [2.24, 2.45) is 5.92 Å². The van der Waals surface area contributed by atoms with E-state index in [-0.39, 0.29) is 6.61 Å². The number of nitriles is 1. The maximum atomic E-state index is 8.40. The number of anilines is 1. The van der Waals surface area contributed by atoms with Crippen molar-refractivity contribution < 1.29 is 4.74 Å². The van der Waals surface area contributed by atoms with Gasteiger partial charge in [-0.3, -0.25) is 0 Å². The van der Waals surface area contributed by atoms with Crippen LogP contribution in [0.15, 0.2) is 24.3 Å². The van der Waals surface area contributed by atoms with E-state index < -0.39 is 0 Å². The summed E-state index contributed by atoms with van der Waals surface area (Å²) in [6, 6.07) is 9.73. The molecule has 3 nitrogen and oxygen atoms in total. The van der Waals surface area contributed by atoms with Crippen LogP contribution in [0.4, 0.5) is 5.69 Å². The zero-order valence-corrected chi connectivity index (χ0v) is 10.5. The maximum absolute atomic E-state index is 8.40. The van der Waals surface area contributed by atoms with Gasteiger partial charge in [0.2, 0.25) is 0 Å². The first-order valence-electron chi connectivity index (χ1n) is 5.80. The minimum atomic E-state index is 0.103. The Kier molecular flexibility index (Phi) is 4.57. The third-order valence-corrected chi connectivity index (χ3v) is 4.01. The van der Waals surface area contributed by atoms with Crippen molar-refractivity contribution in [1.29, 1.82) is 5.26 Å². The van der Waals surface area contributed by atoms with E-state index in [0.29, 0.717) is 0 Å². The van der Waals surface area contributed by atoms with Gasteiger partial charge in [0.15, 0.2) is 6.61 Å². The fraction of sp³-hybridized carbons (Fsp3) is 0.462. The highest BCUT2D eigenvalue weighted by Crippen LogP contribution is 2.24. The molecule has 2 rings (SSSR count). The normalized spacial score (nSPS) is 18.6. The summed E-state index contributed by atoms with van der Waals surface area (Å²) in [7, 11) is 0. The average Bonchev–Trinajstić information content (AvgIpc) is 2.88. The van der Waals surface area contributed by atoms with Crippen LogP contribution in [-0.4, -0.2) is 24.7 Å². The van der Waals surface area contributed by atoms with Gasteiger partial charge < -0.3 is 10.1 Å². The van der Waals surface area contributed by atoms with Crippen LogP contribution in [0.2, 0.25) is 0 Å². The van der Waals surface area contributed by atoms with Gasteiger partial charge in [0, 0.05) is 12.2 Å². The Labute approximate surface area is 106 Å². The molecule has 1 heterocycles. The molecule has 0 amide bonds. The highest BCUT2D eigenvalue weighted by atomic mass is 32.2. The molecule has 90 valence electrons. The summed E-state index contributed by atoms with van der Waals surface area (Å²) >= 11 is 2.04. The summed E-state index contributed by atoms with van der Waals surface area (Å²) in [4.78, 5) is 0. The zero-order valence-electron chi connectivity index (χ0n) is 9.69. The van der Waals surface area contributed by atoms with Gasteiger partial charge in [-0.1, -0.05) is 0 Å². The van der Waals surface area contributed by atoms with Crippen molar-refractivity contribution >= 4 is 17.4 Å². The van der Waals surface area contributed by atoms with Crippen molar-refractivity contribution in [3.8, 4) is 11.8 Å². The molecule has 0 aromatic heterocycles. The lowest BCUT2D eigenvalue weighted by atomic mass is 10.1. The molecule has 1 unspecified atom stereocenters. The molecule has 1 saturated heterocycles. The van der Waals surface area contributed by atoms with Crippen LogP contribution in [0.25, 0.3) is 0 Å². The predicted molar refractivity (Wildman–Crippen MR) is 71.5 cm³/mol. The van der Waals surface area contributed by atoms with E-state index in [4.69, 9.17) is 10.00 Å². The van der Waals surface area contributed by atoms with Gasteiger partial charge in [0.05, 0.1) is 0 Å². The summed E-state index contributed by atoms with van der Waals surface area (Å²) in [6.45, 7) is 1.15. The summed E-state index contributed by atoms with van der Waals surface area (Å²) in [5, 5.41) is 11.8. The molecule has 1 aliphatic rings. The van der Waals surface area contributed by atoms with E-state index in [1.165, 1.54) is 17.9 Å². The Morgan fingerprint density at radius 3 is 2.88 bits per heavy atom. The monoisotopic (exact) mass is 248 g/mol. The molecule has 0 radical (unpaired) electrons. The molecule has 0 saturated carbocycles. The molecule has 1 aromatic carbocycles. The topological polar surface area (TPSA) is 45.0 Å². The molecule has 4 heteroatoms. The SMILES string of the molecule is N#CCOc1ccc(NCC2CCSC2)cc1. The molecule has 1 N–H and O–H groups in total. The van der Waals surface area contributed by atoms with E-state index in [9.17, 15) is 0 Å². The molecule has 1 aliphatic heterocycles. The number of benzene rings is 1. The summed E-state index contributed by atoms with van der Waals surface area (Å²) in [5.74, 6) is 4.12. The molecule has 0 bridgehead atoms. The van der Waals surface area contributed by atoms with Crippen LogP contribution in [0.1, 0.15) is 6.42 Å². The van der Waals surface area contributed by atoms with E-state index in [1.807, 2.05) is 42.1 Å². The van der Waals surface area contributed by atoms with Crippen LogP contribution in [0.3, 0.4) is 0 Å². The second-order valence-corrected chi connectivity index (χ2v) is 5.23. The molecular formula is C13H16N2OS. The van der Waals surface area contributed by atoms with Crippen LogP contribution >= 0.6 is 11.8 Å². The summed E-state index contributed by atoms with van der Waals surface area (Å²) in [5.41, 5.74) is 1.12. The van der Waals surface area contributed by atoms with Crippen molar-refractivity contribution in [2.45, 2.75) is 6.42 Å². The first-order chi connectivity index (χ1) is 8.38. The lowest BCUT2D eigenvalue weighted by Gasteiger charge is -2.11. The van der Waals surface area contributed by atoms with Gasteiger partial charge in [-0.25, -0.2) is 0 Å². The third kappa shape index (κ3) is 3.86. The number of hydrogen-bond acceptors (Lipinski definition) is 4. The van der Waals surface area contributed by atoms with E-state index in [2.05, 4.69) is 5.32 Å². The molecule has 1 atom stereocenters. The summed E-state index contributed by atoms with van der Waals surface area (Å²) < 4.78 is 5.20. The fourth-order valence-corrected chi connectivity index (χ4v) is 3.08. The average molecular weight is 248 g/mol. The number of nitrogens with one attached hydrogen (secondary N) is 1. The highest BCUT2D eigenvalue weighted by molar-refractivity contribution is 7.99. The highest BCUT2D eigenvalue weighted by Gasteiger charge is 2.14. The smallest absolute Gasteiger partial charge is 0.174 e. The lowest BCUT2D eigenvalue weighted by molar-refractivity contribution is 0.368. The predicted octanol–water partition coefficient (Wildman–Crippen LogP) is 2.75. The van der Waals surface area contributed by atoms with E-state index >= 15 is 0 Å². The van der Waals surface area contributed by atoms with Gasteiger partial charge in [-0.05, 0) is 48.1 Å². The van der Waals surface area contributed by atoms with E-state index in [1.54, 1.807) is 0 Å². The zero-order chi connectivity index (χ0) is 11.9. The Morgan fingerprint density at radius 2 is 2.24 bits per heavy atom. The van der Waals surface area contributed by atoms with Gasteiger partial charge in [-0.2, -0.15) is 17.0 Å². The Hall–Kier alpha value is -1.34. The second kappa shape index (κ2) is 6.41. The van der Waals surface area contributed by atoms with Crippen LogP contribution in [0, 0.1) is 17.2 Å². The molecule has 17 heavy (non-hydrogen) atoms. The number of hydrogen-bond donors (Lipinski definition) is 1. The lowest BCUT2D eigenvalue weighted by Crippen LogP contribution is -2.13. The minimum Gasteiger partial charge on any atom is -0.479 e. The van der Waals surface area contributed by atoms with Crippen molar-refractivity contribution in [1.82, 2.24) is 0 Å². The maximum Gasteiger partial charge on any atom is 0.174 e. The van der Waals surface area contributed by atoms with Gasteiger partial charge in [0.1, 0.15) is 11.8 Å². The first-order valence-corrected chi connectivity index (χ1v) is 6.95. The summed E-state index contributed by atoms with van der Waals surface area (Å²) in [6.07, 6.45) is 1.32. The van der Waals surface area contributed by atoms with Gasteiger partial charge in [0.25, 0.3) is 0 Å². The van der Waals surface area contributed by atoms with Crippen LogP contribution < -0.4 is 10.1 Å². The van der Waals surface area contributed by atoms with Crippen LogP contribution in [-0.2, 0) is 0 Å². The Balaban J connectivity index is 1.79. The number of thioether (sulfide) groups is 1. The molecule has 0 spiro atoms. The van der Waals surface area contributed by atoms with Gasteiger partial charge >= 0.3 is 0 Å². The number of ether oxygens (including phenoxy) is 1. The molecular weight excluding hydrogens is 232 g/mol. The first kappa shape index (κ1) is 12.1. The Bertz CT molecular complexity index is 379. The largest absolute Gasteiger partial charge is 0.479 e. The fourth-order valence-electron chi connectivity index (χ4n) is 1.79. The third-order valence-electron chi connectivity index (χ3n) is 2.78. The van der Waals surface area contributed by atoms with Gasteiger partial charge in [-0.15, -0.1) is 0 Å². The molecule has 0 aliphatic carbocycles. The standard InChI is InChI=1S/C13H16N2OS/c14-6-7-16-13-3-1-12(2-4-13)15-9-11-5-8-17-10-11/h1-4,11,15H,5,7-10H2. The second-order valence-electron chi connectivity index (χ2n) is 4.08. The van der Waals surface area contributed by atoms with Crippen molar-refractivity contribution in [3.63, 3.8) is 0 Å². The van der Waals surface area contributed by atoms with Crippen LogP contribution in [0.5, 0.6) is 5.75 Å². The number of rotatable bonds is 5. The Morgan fingerprint density at radius 1 is 1.41 bits per heavy atom. The van der Waals surface area contributed by atoms with Crippen molar-refractivity contribution in [3.05, 3.63) is 24.3 Å². The number of nitrogens with zero attached hydrogens (tertiary/aromatic N) is 1. The van der Waals surface area contributed by atoms with E-state index in [0.717, 1.165) is 23.9 Å². The molecule has 1 fully saturated rings. The minimum absolute atomic E-state index is 0.103. The quantitative estimate of drug-likeness (QED) is 0.870. The van der Waals surface area contributed by atoms with Crippen molar-refractivity contribution in [2.75, 3.05) is 30.0 Å².